The van der Waals surface area contributed by atoms with Gasteiger partial charge in [0.1, 0.15) is 43.0 Å². The van der Waals surface area contributed by atoms with Gasteiger partial charge < -0.3 is 24.8 Å². The van der Waals surface area contributed by atoms with E-state index in [4.69, 9.17) is 25.8 Å². The van der Waals surface area contributed by atoms with Gasteiger partial charge >= 0.3 is 0 Å². The number of ether oxygens (including phenoxy) is 3. The van der Waals surface area contributed by atoms with Crippen molar-refractivity contribution in [3.63, 3.8) is 0 Å². The van der Waals surface area contributed by atoms with Gasteiger partial charge in [0.2, 0.25) is 0 Å². The SMILES string of the molecule is Clc1cc(Nc2ncnc3cccc(OC[C@@H]4CNCCO4)c23)ccc1OCc1ccccn1. The molecule has 1 saturated heterocycles. The number of benzene rings is 2. The zero-order valence-corrected chi connectivity index (χ0v) is 19.2. The van der Waals surface area contributed by atoms with Crippen LogP contribution in [0.2, 0.25) is 5.02 Å². The second kappa shape index (κ2) is 10.6. The molecule has 34 heavy (non-hydrogen) atoms. The van der Waals surface area contributed by atoms with Crippen LogP contribution in [0.5, 0.6) is 11.5 Å². The molecule has 1 aliphatic rings. The first-order valence-electron chi connectivity index (χ1n) is 11.0. The molecule has 1 fully saturated rings. The highest BCUT2D eigenvalue weighted by atomic mass is 35.5. The van der Waals surface area contributed by atoms with Crippen LogP contribution in [-0.4, -0.2) is 47.4 Å². The van der Waals surface area contributed by atoms with Gasteiger partial charge in [-0.1, -0.05) is 23.7 Å². The molecule has 2 aromatic heterocycles. The number of rotatable bonds is 8. The minimum Gasteiger partial charge on any atom is -0.490 e. The fraction of sp³-hybridized carbons (Fsp3) is 0.240. The summed E-state index contributed by atoms with van der Waals surface area (Å²) in [5.41, 5.74) is 2.37. The van der Waals surface area contributed by atoms with Crippen molar-refractivity contribution in [2.45, 2.75) is 12.7 Å². The predicted octanol–water partition coefficient (Wildman–Crippen LogP) is 4.37. The molecule has 2 aromatic carbocycles. The van der Waals surface area contributed by atoms with Crippen LogP contribution in [0.15, 0.2) is 67.1 Å². The van der Waals surface area contributed by atoms with Crippen molar-refractivity contribution in [2.75, 3.05) is 31.6 Å². The number of nitrogens with one attached hydrogen (secondary N) is 2. The van der Waals surface area contributed by atoms with Gasteiger partial charge in [-0.3, -0.25) is 4.98 Å². The third kappa shape index (κ3) is 5.36. The van der Waals surface area contributed by atoms with E-state index in [-0.39, 0.29) is 6.10 Å². The first-order valence-corrected chi connectivity index (χ1v) is 11.4. The molecular formula is C25H24ClN5O3. The number of hydrogen-bond donors (Lipinski definition) is 2. The summed E-state index contributed by atoms with van der Waals surface area (Å²) in [5.74, 6) is 1.90. The highest BCUT2D eigenvalue weighted by molar-refractivity contribution is 6.32. The third-order valence-corrected chi connectivity index (χ3v) is 5.65. The standard InChI is InChI=1S/C25H24ClN5O3/c26-20-12-17(7-8-22(20)33-14-18-4-1-2-9-28-18)31-25-24-21(29-16-30-25)5-3-6-23(24)34-15-19-13-27-10-11-32-19/h1-9,12,16,19,27H,10-11,13-15H2,(H,29,30,31)/t19-/m0/s1. The summed E-state index contributed by atoms with van der Waals surface area (Å²) < 4.78 is 17.7. The van der Waals surface area contributed by atoms with Crippen molar-refractivity contribution in [1.82, 2.24) is 20.3 Å². The van der Waals surface area contributed by atoms with Gasteiger partial charge in [0.25, 0.3) is 0 Å². The quantitative estimate of drug-likeness (QED) is 0.386. The predicted molar refractivity (Wildman–Crippen MR) is 131 cm³/mol. The molecule has 5 rings (SSSR count). The summed E-state index contributed by atoms with van der Waals surface area (Å²) in [4.78, 5) is 13.1. The molecular weight excluding hydrogens is 454 g/mol. The Balaban J connectivity index is 1.33. The van der Waals surface area contributed by atoms with E-state index in [9.17, 15) is 0 Å². The Morgan fingerprint density at radius 2 is 2.00 bits per heavy atom. The number of fused-ring (bicyclic) bond motifs is 1. The van der Waals surface area contributed by atoms with Crippen LogP contribution in [0.4, 0.5) is 11.5 Å². The second-order valence-corrected chi connectivity index (χ2v) is 8.17. The van der Waals surface area contributed by atoms with E-state index in [1.807, 2.05) is 48.5 Å². The van der Waals surface area contributed by atoms with Crippen molar-refractivity contribution in [3.8, 4) is 11.5 Å². The minimum atomic E-state index is 0.00230. The normalized spacial score (nSPS) is 15.7. The first-order chi connectivity index (χ1) is 16.8. The van der Waals surface area contributed by atoms with Crippen LogP contribution in [-0.2, 0) is 11.3 Å². The Morgan fingerprint density at radius 3 is 2.82 bits per heavy atom. The molecule has 0 unspecified atom stereocenters. The number of halogens is 1. The molecule has 0 amide bonds. The molecule has 0 radical (unpaired) electrons. The smallest absolute Gasteiger partial charge is 0.145 e. The molecule has 0 spiro atoms. The van der Waals surface area contributed by atoms with Crippen LogP contribution < -0.4 is 20.1 Å². The number of aromatic nitrogens is 3. The van der Waals surface area contributed by atoms with Crippen LogP contribution in [0.3, 0.4) is 0 Å². The van der Waals surface area contributed by atoms with Gasteiger partial charge in [0.05, 0.1) is 28.2 Å². The molecule has 2 N–H and O–H groups in total. The van der Waals surface area contributed by atoms with Gasteiger partial charge in [-0.25, -0.2) is 9.97 Å². The molecule has 0 bridgehead atoms. The molecule has 8 nitrogen and oxygen atoms in total. The van der Waals surface area contributed by atoms with Crippen molar-refractivity contribution in [2.24, 2.45) is 0 Å². The number of anilines is 2. The maximum atomic E-state index is 6.48. The number of morpholine rings is 1. The molecule has 0 saturated carbocycles. The maximum absolute atomic E-state index is 6.48. The summed E-state index contributed by atoms with van der Waals surface area (Å²) in [7, 11) is 0. The van der Waals surface area contributed by atoms with E-state index >= 15 is 0 Å². The Bertz CT molecular complexity index is 1250. The molecule has 3 heterocycles. The Hall–Kier alpha value is -3.46. The lowest BCUT2D eigenvalue weighted by atomic mass is 10.2. The largest absolute Gasteiger partial charge is 0.490 e. The second-order valence-electron chi connectivity index (χ2n) is 7.76. The van der Waals surface area contributed by atoms with Crippen LogP contribution >= 0.6 is 11.6 Å². The monoisotopic (exact) mass is 477 g/mol. The highest BCUT2D eigenvalue weighted by Crippen LogP contribution is 2.34. The van der Waals surface area contributed by atoms with Gasteiger partial charge in [0, 0.05) is 25.0 Å². The number of nitrogens with zero attached hydrogens (tertiary/aromatic N) is 3. The summed E-state index contributed by atoms with van der Waals surface area (Å²) in [6, 6.07) is 17.0. The van der Waals surface area contributed by atoms with E-state index in [1.54, 1.807) is 12.3 Å². The van der Waals surface area contributed by atoms with E-state index in [0.29, 0.717) is 42.2 Å². The average molecular weight is 478 g/mol. The molecule has 4 aromatic rings. The van der Waals surface area contributed by atoms with Crippen LogP contribution in [0.1, 0.15) is 5.69 Å². The summed E-state index contributed by atoms with van der Waals surface area (Å²) in [6.07, 6.45) is 3.26. The van der Waals surface area contributed by atoms with Crippen molar-refractivity contribution in [1.29, 1.82) is 0 Å². The maximum Gasteiger partial charge on any atom is 0.145 e. The van der Waals surface area contributed by atoms with Crippen LogP contribution in [0, 0.1) is 0 Å². The summed E-state index contributed by atoms with van der Waals surface area (Å²) >= 11 is 6.48. The molecule has 0 aliphatic carbocycles. The van der Waals surface area contributed by atoms with Crippen LogP contribution in [0.25, 0.3) is 10.9 Å². The Kier molecular flexibility index (Phi) is 6.99. The lowest BCUT2D eigenvalue weighted by Crippen LogP contribution is -2.41. The molecule has 174 valence electrons. The average Bonchev–Trinajstić information content (AvgIpc) is 2.88. The number of hydrogen-bond acceptors (Lipinski definition) is 8. The molecule has 1 aliphatic heterocycles. The van der Waals surface area contributed by atoms with Gasteiger partial charge in [-0.2, -0.15) is 0 Å². The fourth-order valence-electron chi connectivity index (χ4n) is 3.67. The van der Waals surface area contributed by atoms with E-state index in [1.165, 1.54) is 6.33 Å². The minimum absolute atomic E-state index is 0.00230. The van der Waals surface area contributed by atoms with Crippen molar-refractivity contribution in [3.05, 3.63) is 77.8 Å². The molecule has 1 atom stereocenters. The zero-order chi connectivity index (χ0) is 23.2. The van der Waals surface area contributed by atoms with Crippen molar-refractivity contribution >= 4 is 34.0 Å². The summed E-state index contributed by atoms with van der Waals surface area (Å²) in [6.45, 7) is 3.09. The lowest BCUT2D eigenvalue weighted by molar-refractivity contribution is 0.000513. The lowest BCUT2D eigenvalue weighted by Gasteiger charge is -2.24. The van der Waals surface area contributed by atoms with Gasteiger partial charge in [0.15, 0.2) is 0 Å². The highest BCUT2D eigenvalue weighted by Gasteiger charge is 2.16. The van der Waals surface area contributed by atoms with Crippen molar-refractivity contribution < 1.29 is 14.2 Å². The molecule has 9 heteroatoms. The number of pyridine rings is 1. The third-order valence-electron chi connectivity index (χ3n) is 5.35. The summed E-state index contributed by atoms with van der Waals surface area (Å²) in [5, 5.41) is 7.93. The van der Waals surface area contributed by atoms with E-state index in [0.717, 1.165) is 35.4 Å². The topological polar surface area (TPSA) is 90.4 Å². The Morgan fingerprint density at radius 1 is 1.03 bits per heavy atom. The van der Waals surface area contributed by atoms with E-state index < -0.39 is 0 Å². The fourth-order valence-corrected chi connectivity index (χ4v) is 3.91. The zero-order valence-electron chi connectivity index (χ0n) is 18.4. The van der Waals surface area contributed by atoms with Gasteiger partial charge in [-0.05, 0) is 42.5 Å². The first kappa shape index (κ1) is 22.3. The van der Waals surface area contributed by atoms with E-state index in [2.05, 4.69) is 25.6 Å². The Labute approximate surface area is 202 Å². The van der Waals surface area contributed by atoms with Gasteiger partial charge in [-0.15, -0.1) is 0 Å².